The average Bonchev–Trinajstić information content (AvgIpc) is 2.56. The van der Waals surface area contributed by atoms with Gasteiger partial charge in [0.15, 0.2) is 0 Å². The fourth-order valence-electron chi connectivity index (χ4n) is 1.83. The fraction of sp³-hybridized carbons (Fsp3) is 0.118. The van der Waals surface area contributed by atoms with Gasteiger partial charge >= 0.3 is 0 Å². The first-order valence-electron chi connectivity index (χ1n) is 7.01. The molecule has 0 spiro atoms. The summed E-state index contributed by atoms with van der Waals surface area (Å²) < 4.78 is 5.02. The van der Waals surface area contributed by atoms with Gasteiger partial charge in [-0.3, -0.25) is 4.79 Å². The summed E-state index contributed by atoms with van der Waals surface area (Å²) in [7, 11) is 1.55. The van der Waals surface area contributed by atoms with E-state index in [2.05, 4.69) is 15.3 Å². The molecule has 1 heterocycles. The average molecular weight is 310 g/mol. The predicted molar refractivity (Wildman–Crippen MR) is 90.3 cm³/mol. The number of amidine groups is 1. The smallest absolute Gasteiger partial charge is 0.252 e. The number of nitrogens with zero attached hydrogens (tertiary/aromatic N) is 2. The zero-order valence-corrected chi connectivity index (χ0v) is 12.8. The molecule has 0 aliphatic carbocycles. The Bertz CT molecular complexity index is 712. The molecule has 6 nitrogen and oxygen atoms in total. The van der Waals surface area contributed by atoms with Crippen molar-refractivity contribution >= 4 is 17.4 Å². The lowest BCUT2D eigenvalue weighted by Crippen LogP contribution is -2.12. The SMILES string of the molecule is COc1cc(N/C=C\C(N)=NC(=O)Cc2ccccc2)ccn1. The normalized spacial score (nSPS) is 11.4. The van der Waals surface area contributed by atoms with Crippen molar-refractivity contribution in [1.29, 1.82) is 0 Å². The minimum atomic E-state index is -0.288. The van der Waals surface area contributed by atoms with Crippen LogP contribution in [0.15, 0.2) is 65.9 Å². The van der Waals surface area contributed by atoms with Crippen molar-refractivity contribution in [2.75, 3.05) is 12.4 Å². The second-order valence-electron chi connectivity index (χ2n) is 4.66. The summed E-state index contributed by atoms with van der Waals surface area (Å²) in [5, 5.41) is 3.00. The van der Waals surface area contributed by atoms with Crippen molar-refractivity contribution in [2.24, 2.45) is 10.7 Å². The molecule has 0 aliphatic rings. The molecule has 0 radical (unpaired) electrons. The zero-order chi connectivity index (χ0) is 16.5. The van der Waals surface area contributed by atoms with Gasteiger partial charge in [0.25, 0.3) is 5.91 Å². The number of nitrogens with one attached hydrogen (secondary N) is 1. The molecule has 3 N–H and O–H groups in total. The maximum Gasteiger partial charge on any atom is 0.252 e. The third-order valence-corrected chi connectivity index (χ3v) is 2.90. The van der Waals surface area contributed by atoms with E-state index >= 15 is 0 Å². The van der Waals surface area contributed by atoms with Gasteiger partial charge in [-0.05, 0) is 17.7 Å². The van der Waals surface area contributed by atoms with Crippen molar-refractivity contribution in [2.45, 2.75) is 6.42 Å². The van der Waals surface area contributed by atoms with Crippen LogP contribution in [0.25, 0.3) is 0 Å². The lowest BCUT2D eigenvalue weighted by atomic mass is 10.1. The van der Waals surface area contributed by atoms with Crippen LogP contribution in [0.2, 0.25) is 0 Å². The van der Waals surface area contributed by atoms with Crippen LogP contribution in [-0.4, -0.2) is 23.8 Å². The molecule has 1 amide bonds. The number of aliphatic imine (C=N–C) groups is 1. The molecule has 118 valence electrons. The molecule has 0 aliphatic heterocycles. The topological polar surface area (TPSA) is 89.6 Å². The molecule has 23 heavy (non-hydrogen) atoms. The van der Waals surface area contributed by atoms with Gasteiger partial charge in [0.05, 0.1) is 13.5 Å². The summed E-state index contributed by atoms with van der Waals surface area (Å²) in [5.74, 6) is 0.353. The maximum atomic E-state index is 11.8. The number of ether oxygens (including phenoxy) is 1. The number of benzene rings is 1. The second kappa shape index (κ2) is 8.33. The van der Waals surface area contributed by atoms with E-state index < -0.39 is 0 Å². The Morgan fingerprint density at radius 1 is 1.35 bits per heavy atom. The first-order chi connectivity index (χ1) is 11.2. The molecule has 6 heteroatoms. The summed E-state index contributed by atoms with van der Waals surface area (Å²) >= 11 is 0. The number of amides is 1. The minimum Gasteiger partial charge on any atom is -0.481 e. The molecular weight excluding hydrogens is 292 g/mol. The molecule has 2 rings (SSSR count). The monoisotopic (exact) mass is 310 g/mol. The minimum absolute atomic E-state index is 0.138. The Morgan fingerprint density at radius 2 is 2.13 bits per heavy atom. The summed E-state index contributed by atoms with van der Waals surface area (Å²) in [4.78, 5) is 19.6. The van der Waals surface area contributed by atoms with Crippen LogP contribution >= 0.6 is 0 Å². The van der Waals surface area contributed by atoms with E-state index in [1.165, 1.54) is 6.08 Å². The van der Waals surface area contributed by atoms with E-state index in [1.807, 2.05) is 30.3 Å². The van der Waals surface area contributed by atoms with Gasteiger partial charge in [-0.25, -0.2) is 4.98 Å². The van der Waals surface area contributed by atoms with E-state index in [-0.39, 0.29) is 18.2 Å². The first kappa shape index (κ1) is 16.2. The number of methoxy groups -OCH3 is 1. The predicted octanol–water partition coefficient (Wildman–Crippen LogP) is 2.14. The highest BCUT2D eigenvalue weighted by atomic mass is 16.5. The van der Waals surface area contributed by atoms with Gasteiger partial charge in [0.2, 0.25) is 5.88 Å². The van der Waals surface area contributed by atoms with E-state index in [4.69, 9.17) is 10.5 Å². The number of aromatic nitrogens is 1. The van der Waals surface area contributed by atoms with Crippen LogP contribution < -0.4 is 15.8 Å². The molecule has 1 aromatic carbocycles. The number of nitrogens with two attached hydrogens (primary N) is 1. The Morgan fingerprint density at radius 3 is 2.87 bits per heavy atom. The summed E-state index contributed by atoms with van der Waals surface area (Å²) in [6.07, 6.45) is 4.97. The van der Waals surface area contributed by atoms with Gasteiger partial charge < -0.3 is 15.8 Å². The highest BCUT2D eigenvalue weighted by molar-refractivity contribution is 6.00. The van der Waals surface area contributed by atoms with Crippen molar-refractivity contribution in [3.63, 3.8) is 0 Å². The third kappa shape index (κ3) is 5.62. The third-order valence-electron chi connectivity index (χ3n) is 2.90. The highest BCUT2D eigenvalue weighted by Gasteiger charge is 2.01. The molecule has 1 aromatic heterocycles. The molecule has 0 unspecified atom stereocenters. The van der Waals surface area contributed by atoms with Crippen LogP contribution in [0.1, 0.15) is 5.56 Å². The molecule has 2 aromatic rings. The zero-order valence-electron chi connectivity index (χ0n) is 12.8. The first-order valence-corrected chi connectivity index (χ1v) is 7.01. The molecule has 0 saturated carbocycles. The number of carbonyl (C=O) groups excluding carboxylic acids is 1. The van der Waals surface area contributed by atoms with Crippen molar-refractivity contribution in [3.05, 3.63) is 66.5 Å². The summed E-state index contributed by atoms with van der Waals surface area (Å²) in [5.41, 5.74) is 7.41. The van der Waals surface area contributed by atoms with Gasteiger partial charge in [-0.2, -0.15) is 4.99 Å². The molecular formula is C17H18N4O2. The van der Waals surface area contributed by atoms with E-state index in [1.54, 1.807) is 31.6 Å². The fourth-order valence-corrected chi connectivity index (χ4v) is 1.83. The highest BCUT2D eigenvalue weighted by Crippen LogP contribution is 2.12. The molecule has 0 atom stereocenters. The molecule has 0 saturated heterocycles. The summed E-state index contributed by atoms with van der Waals surface area (Å²) in [6, 6.07) is 12.9. The second-order valence-corrected chi connectivity index (χ2v) is 4.66. The van der Waals surface area contributed by atoms with Crippen LogP contribution in [0.4, 0.5) is 5.69 Å². The van der Waals surface area contributed by atoms with Gasteiger partial charge in [-0.1, -0.05) is 30.3 Å². The Labute approximate surface area is 134 Å². The van der Waals surface area contributed by atoms with Gasteiger partial charge in [0.1, 0.15) is 5.84 Å². The summed E-state index contributed by atoms with van der Waals surface area (Å²) in [6.45, 7) is 0. The van der Waals surface area contributed by atoms with E-state index in [0.717, 1.165) is 11.3 Å². The molecule has 0 fully saturated rings. The Balaban J connectivity index is 1.89. The van der Waals surface area contributed by atoms with Crippen molar-refractivity contribution in [3.8, 4) is 5.88 Å². The number of hydrogen-bond acceptors (Lipinski definition) is 4. The number of hydrogen-bond donors (Lipinski definition) is 2. The lowest BCUT2D eigenvalue weighted by Gasteiger charge is -2.02. The van der Waals surface area contributed by atoms with Crippen LogP contribution in [-0.2, 0) is 11.2 Å². The van der Waals surface area contributed by atoms with E-state index in [0.29, 0.717) is 5.88 Å². The number of anilines is 1. The number of rotatable bonds is 6. The Kier molecular flexibility index (Phi) is 5.88. The van der Waals surface area contributed by atoms with E-state index in [9.17, 15) is 4.79 Å². The van der Waals surface area contributed by atoms with Crippen LogP contribution in [0.5, 0.6) is 5.88 Å². The lowest BCUT2D eigenvalue weighted by molar-refractivity contribution is -0.117. The quantitative estimate of drug-likeness (QED) is 0.630. The van der Waals surface area contributed by atoms with Gasteiger partial charge in [-0.15, -0.1) is 0 Å². The van der Waals surface area contributed by atoms with Crippen LogP contribution in [0.3, 0.4) is 0 Å². The largest absolute Gasteiger partial charge is 0.481 e. The number of pyridine rings is 1. The van der Waals surface area contributed by atoms with Gasteiger partial charge in [0, 0.05) is 24.2 Å². The number of carbonyl (C=O) groups is 1. The van der Waals surface area contributed by atoms with Crippen LogP contribution in [0, 0.1) is 0 Å². The molecule has 0 bridgehead atoms. The van der Waals surface area contributed by atoms with Crippen molar-refractivity contribution < 1.29 is 9.53 Å². The Hall–Kier alpha value is -3.15. The van der Waals surface area contributed by atoms with Crippen molar-refractivity contribution in [1.82, 2.24) is 4.98 Å². The maximum absolute atomic E-state index is 11.8. The standard InChI is InChI=1S/C17H18N4O2/c1-23-17-12-14(7-9-20-17)19-10-8-15(18)21-16(22)11-13-5-3-2-4-6-13/h2-10,12H,11H2,1H3,(H,19,20)(H2,18,21,22)/b10-8-.